The van der Waals surface area contributed by atoms with Gasteiger partial charge in [-0.05, 0) is 13.0 Å². The Hall–Kier alpha value is -0.860. The molecule has 1 saturated heterocycles. The van der Waals surface area contributed by atoms with E-state index in [-0.39, 0.29) is 0 Å². The van der Waals surface area contributed by atoms with Crippen molar-refractivity contribution in [3.8, 4) is 6.07 Å². The van der Waals surface area contributed by atoms with Gasteiger partial charge in [-0.2, -0.15) is 5.26 Å². The largest absolute Gasteiger partial charge is 0.456 e. The Labute approximate surface area is 89.3 Å². The number of halogens is 1. The summed E-state index contributed by atoms with van der Waals surface area (Å²) in [4.78, 5) is 11.5. The van der Waals surface area contributed by atoms with E-state index < -0.39 is 23.1 Å². The van der Waals surface area contributed by atoms with Gasteiger partial charge in [-0.3, -0.25) is 0 Å². The molecule has 2 heterocycles. The Morgan fingerprint density at radius 3 is 2.93 bits per heavy atom. The highest BCUT2D eigenvalue weighted by molar-refractivity contribution is 9.11. The molecule has 2 bridgehead atoms. The standard InChI is InChI=1S/C9H8BrNO3/c1-8(4-11)3-5-2-6(10)9(8,13)7(12)14-5/h2,5,13H,3H2,1H3/t5-,8+,9+/m1/s1. The molecular formula is C9H8BrNO3. The topological polar surface area (TPSA) is 70.3 Å². The number of hydrogen-bond acceptors (Lipinski definition) is 4. The molecule has 0 amide bonds. The van der Waals surface area contributed by atoms with Crippen molar-refractivity contribution in [3.05, 3.63) is 10.6 Å². The Balaban J connectivity index is 2.63. The predicted molar refractivity (Wildman–Crippen MR) is 50.2 cm³/mol. The summed E-state index contributed by atoms with van der Waals surface area (Å²) in [5, 5.41) is 19.2. The van der Waals surface area contributed by atoms with E-state index in [4.69, 9.17) is 10.00 Å². The first kappa shape index (κ1) is 9.69. The first-order chi connectivity index (χ1) is 6.44. The number of hydrogen-bond donors (Lipinski definition) is 1. The molecule has 1 fully saturated rings. The van der Waals surface area contributed by atoms with Crippen LogP contribution in [-0.4, -0.2) is 22.8 Å². The number of ether oxygens (including phenoxy) is 1. The molecule has 5 heteroatoms. The van der Waals surface area contributed by atoms with E-state index >= 15 is 0 Å². The molecule has 74 valence electrons. The minimum absolute atomic E-state index is 0.334. The summed E-state index contributed by atoms with van der Waals surface area (Å²) in [7, 11) is 0. The smallest absolute Gasteiger partial charge is 0.345 e. The lowest BCUT2D eigenvalue weighted by Gasteiger charge is -2.47. The van der Waals surface area contributed by atoms with Crippen molar-refractivity contribution in [3.63, 3.8) is 0 Å². The van der Waals surface area contributed by atoms with E-state index in [0.29, 0.717) is 10.9 Å². The fourth-order valence-electron chi connectivity index (χ4n) is 1.90. The van der Waals surface area contributed by atoms with Gasteiger partial charge >= 0.3 is 5.97 Å². The summed E-state index contributed by atoms with van der Waals surface area (Å²) in [6.45, 7) is 1.56. The van der Waals surface area contributed by atoms with Crippen molar-refractivity contribution in [2.75, 3.05) is 0 Å². The average Bonchev–Trinajstić information content (AvgIpc) is 2.11. The van der Waals surface area contributed by atoms with Gasteiger partial charge < -0.3 is 9.84 Å². The summed E-state index contributed by atoms with van der Waals surface area (Å²) < 4.78 is 5.24. The zero-order chi connectivity index (χ0) is 10.6. The number of fused-ring (bicyclic) bond motifs is 2. The van der Waals surface area contributed by atoms with Crippen LogP contribution in [0.25, 0.3) is 0 Å². The Kier molecular flexibility index (Phi) is 1.79. The average molecular weight is 258 g/mol. The van der Waals surface area contributed by atoms with Crippen LogP contribution in [0.15, 0.2) is 10.6 Å². The molecule has 0 aromatic heterocycles. The lowest BCUT2D eigenvalue weighted by molar-refractivity contribution is -0.191. The SMILES string of the molecule is C[C@@]1(C#N)C[C@H]2C=C(Br)[C@]1(O)C(=O)O2. The maximum absolute atomic E-state index is 11.5. The van der Waals surface area contributed by atoms with Crippen LogP contribution in [0.1, 0.15) is 13.3 Å². The van der Waals surface area contributed by atoms with Gasteiger partial charge in [-0.15, -0.1) is 0 Å². The number of rotatable bonds is 0. The van der Waals surface area contributed by atoms with Crippen molar-refractivity contribution >= 4 is 21.9 Å². The monoisotopic (exact) mass is 257 g/mol. The van der Waals surface area contributed by atoms with Crippen molar-refractivity contribution < 1.29 is 14.6 Å². The molecule has 4 nitrogen and oxygen atoms in total. The van der Waals surface area contributed by atoms with E-state index in [1.54, 1.807) is 13.0 Å². The fourth-order valence-corrected chi connectivity index (χ4v) is 2.80. The van der Waals surface area contributed by atoms with Crippen LogP contribution in [-0.2, 0) is 9.53 Å². The van der Waals surface area contributed by atoms with Gasteiger partial charge in [0.2, 0.25) is 5.60 Å². The van der Waals surface area contributed by atoms with Crippen LogP contribution in [0.3, 0.4) is 0 Å². The van der Waals surface area contributed by atoms with Gasteiger partial charge in [0.05, 0.1) is 6.07 Å². The lowest BCUT2D eigenvalue weighted by atomic mass is 9.65. The van der Waals surface area contributed by atoms with Gasteiger partial charge in [0, 0.05) is 10.9 Å². The molecule has 3 atom stereocenters. The Morgan fingerprint density at radius 1 is 1.86 bits per heavy atom. The minimum Gasteiger partial charge on any atom is -0.456 e. The number of nitriles is 1. The van der Waals surface area contributed by atoms with E-state index in [1.165, 1.54) is 0 Å². The quantitative estimate of drug-likeness (QED) is 0.654. The van der Waals surface area contributed by atoms with E-state index in [0.717, 1.165) is 0 Å². The molecule has 0 spiro atoms. The van der Waals surface area contributed by atoms with E-state index in [9.17, 15) is 9.90 Å². The van der Waals surface area contributed by atoms with E-state index in [2.05, 4.69) is 15.9 Å². The summed E-state index contributed by atoms with van der Waals surface area (Å²) in [6.07, 6.45) is 1.55. The third kappa shape index (κ3) is 0.877. The molecule has 1 aliphatic carbocycles. The van der Waals surface area contributed by atoms with Crippen molar-refractivity contribution in [1.29, 1.82) is 5.26 Å². The zero-order valence-corrected chi connectivity index (χ0v) is 9.04. The molecular weight excluding hydrogens is 250 g/mol. The first-order valence-corrected chi connectivity index (χ1v) is 4.96. The van der Waals surface area contributed by atoms with Crippen LogP contribution >= 0.6 is 15.9 Å². The Morgan fingerprint density at radius 2 is 2.50 bits per heavy atom. The van der Waals surface area contributed by atoms with Gasteiger partial charge in [0.25, 0.3) is 0 Å². The maximum Gasteiger partial charge on any atom is 0.345 e. The summed E-state index contributed by atoms with van der Waals surface area (Å²) in [5.41, 5.74) is -2.95. The second-order valence-electron chi connectivity index (χ2n) is 3.82. The van der Waals surface area contributed by atoms with E-state index in [1.807, 2.05) is 6.07 Å². The highest BCUT2D eigenvalue weighted by Gasteiger charge is 2.63. The van der Waals surface area contributed by atoms with Crippen LogP contribution in [0.5, 0.6) is 0 Å². The third-order valence-electron chi connectivity index (χ3n) is 2.89. The maximum atomic E-state index is 11.5. The van der Waals surface area contributed by atoms with Crippen LogP contribution in [0.2, 0.25) is 0 Å². The zero-order valence-electron chi connectivity index (χ0n) is 7.45. The molecule has 0 unspecified atom stereocenters. The molecule has 0 aromatic rings. The second-order valence-corrected chi connectivity index (χ2v) is 4.67. The predicted octanol–water partition coefficient (Wildman–Crippen LogP) is 0.855. The molecule has 1 N–H and O–H groups in total. The third-order valence-corrected chi connectivity index (χ3v) is 3.72. The van der Waals surface area contributed by atoms with Gasteiger partial charge in [-0.1, -0.05) is 15.9 Å². The van der Waals surface area contributed by atoms with Crippen LogP contribution in [0, 0.1) is 16.7 Å². The fraction of sp³-hybridized carbons (Fsp3) is 0.556. The Bertz CT molecular complexity index is 386. The number of aliphatic hydroxyl groups is 1. The minimum atomic E-state index is -1.84. The van der Waals surface area contributed by atoms with Crippen molar-refractivity contribution in [1.82, 2.24) is 0 Å². The van der Waals surface area contributed by atoms with Crippen molar-refractivity contribution in [2.24, 2.45) is 5.41 Å². The summed E-state index contributed by atoms with van der Waals surface area (Å²) in [5.74, 6) is -0.743. The number of carbonyl (C=O) groups is 1. The van der Waals surface area contributed by atoms with Gasteiger partial charge in [0.1, 0.15) is 11.5 Å². The highest BCUT2D eigenvalue weighted by atomic mass is 79.9. The van der Waals surface area contributed by atoms with Gasteiger partial charge in [0.15, 0.2) is 0 Å². The molecule has 0 saturated carbocycles. The molecule has 14 heavy (non-hydrogen) atoms. The number of nitrogens with zero attached hydrogens (tertiary/aromatic N) is 1. The first-order valence-electron chi connectivity index (χ1n) is 4.16. The highest BCUT2D eigenvalue weighted by Crippen LogP contribution is 2.51. The molecule has 3 rings (SSSR count). The lowest BCUT2D eigenvalue weighted by Crippen LogP contribution is -2.62. The van der Waals surface area contributed by atoms with Crippen LogP contribution < -0.4 is 0 Å². The van der Waals surface area contributed by atoms with Crippen LogP contribution in [0.4, 0.5) is 0 Å². The summed E-state index contributed by atoms with van der Waals surface area (Å²) in [6, 6.07) is 1.99. The second kappa shape index (κ2) is 2.59. The summed E-state index contributed by atoms with van der Waals surface area (Å²) >= 11 is 3.12. The van der Waals surface area contributed by atoms with Gasteiger partial charge in [-0.25, -0.2) is 4.79 Å². The normalized spacial score (nSPS) is 45.4. The number of carbonyl (C=O) groups excluding carboxylic acids is 1. The molecule has 3 aliphatic rings. The number of esters is 1. The molecule has 0 radical (unpaired) electrons. The van der Waals surface area contributed by atoms with Crippen molar-refractivity contribution in [2.45, 2.75) is 25.0 Å². The molecule has 2 aliphatic heterocycles. The molecule has 0 aromatic carbocycles.